The molecule has 2 bridgehead atoms. The van der Waals surface area contributed by atoms with Gasteiger partial charge in [-0.2, -0.15) is 0 Å². The molecule has 0 aliphatic carbocycles. The van der Waals surface area contributed by atoms with Crippen LogP contribution < -0.4 is 0 Å². The SMILES string of the molecule is CN1CC2CN(C)C(CO2)C1. The summed E-state index contributed by atoms with van der Waals surface area (Å²) in [6, 6.07) is 0.624. The Morgan fingerprint density at radius 1 is 1.18 bits per heavy atom. The van der Waals surface area contributed by atoms with Crippen LogP contribution in [0.1, 0.15) is 0 Å². The maximum Gasteiger partial charge on any atom is 0.0829 e. The fraction of sp³-hybridized carbons (Fsp3) is 1.00. The standard InChI is InChI=1S/C8H16N2O/c1-9-3-7-6-11-8(4-9)5-10(7)2/h7-8H,3-6H2,1-2H3. The molecule has 3 fully saturated rings. The molecule has 64 valence electrons. The molecule has 0 aromatic rings. The van der Waals surface area contributed by atoms with Crippen LogP contribution in [-0.4, -0.2) is 62.3 Å². The molecule has 0 saturated carbocycles. The highest BCUT2D eigenvalue weighted by Crippen LogP contribution is 2.15. The lowest BCUT2D eigenvalue weighted by Crippen LogP contribution is -2.46. The van der Waals surface area contributed by atoms with Gasteiger partial charge in [-0.25, -0.2) is 0 Å². The Labute approximate surface area is 67.9 Å². The number of hydrogen-bond donors (Lipinski definition) is 0. The second-order valence-corrected chi connectivity index (χ2v) is 3.77. The zero-order valence-electron chi connectivity index (χ0n) is 7.29. The van der Waals surface area contributed by atoms with Crippen LogP contribution in [-0.2, 0) is 4.74 Å². The van der Waals surface area contributed by atoms with E-state index in [2.05, 4.69) is 23.9 Å². The third-order valence-corrected chi connectivity index (χ3v) is 2.68. The molecule has 3 rings (SSSR count). The van der Waals surface area contributed by atoms with Crippen molar-refractivity contribution in [3.05, 3.63) is 0 Å². The third kappa shape index (κ3) is 1.41. The van der Waals surface area contributed by atoms with Crippen LogP contribution in [0, 0.1) is 0 Å². The van der Waals surface area contributed by atoms with E-state index in [0.29, 0.717) is 12.1 Å². The van der Waals surface area contributed by atoms with Crippen LogP contribution in [0.5, 0.6) is 0 Å². The predicted molar refractivity (Wildman–Crippen MR) is 43.7 cm³/mol. The lowest BCUT2D eigenvalue weighted by atomic mass is 10.2. The first kappa shape index (κ1) is 7.53. The highest BCUT2D eigenvalue weighted by Gasteiger charge is 2.31. The van der Waals surface area contributed by atoms with Gasteiger partial charge in [0.15, 0.2) is 0 Å². The summed E-state index contributed by atoms with van der Waals surface area (Å²) in [5.74, 6) is 0. The Morgan fingerprint density at radius 2 is 2.00 bits per heavy atom. The first-order valence-electron chi connectivity index (χ1n) is 4.26. The van der Waals surface area contributed by atoms with E-state index >= 15 is 0 Å². The number of rotatable bonds is 0. The van der Waals surface area contributed by atoms with E-state index in [1.807, 2.05) is 0 Å². The van der Waals surface area contributed by atoms with E-state index in [-0.39, 0.29) is 0 Å². The van der Waals surface area contributed by atoms with Gasteiger partial charge in [0.05, 0.1) is 12.7 Å². The van der Waals surface area contributed by atoms with Crippen molar-refractivity contribution < 1.29 is 4.74 Å². The van der Waals surface area contributed by atoms with E-state index in [1.54, 1.807) is 0 Å². The molecular weight excluding hydrogens is 140 g/mol. The fourth-order valence-corrected chi connectivity index (χ4v) is 1.98. The minimum atomic E-state index is 0.448. The predicted octanol–water partition coefficient (Wildman–Crippen LogP) is -0.369. The molecule has 0 aromatic carbocycles. The largest absolute Gasteiger partial charge is 0.374 e. The molecule has 3 heterocycles. The summed E-state index contributed by atoms with van der Waals surface area (Å²) in [4.78, 5) is 4.78. The maximum absolute atomic E-state index is 5.66. The molecule has 0 N–H and O–H groups in total. The Morgan fingerprint density at radius 3 is 2.73 bits per heavy atom. The number of morpholine rings is 1. The molecule has 0 spiro atoms. The lowest BCUT2D eigenvalue weighted by Gasteiger charge is -2.32. The van der Waals surface area contributed by atoms with E-state index < -0.39 is 0 Å². The number of nitrogens with zero attached hydrogens (tertiary/aromatic N) is 2. The Hall–Kier alpha value is -0.120. The molecule has 3 nitrogen and oxygen atoms in total. The summed E-state index contributed by atoms with van der Waals surface area (Å²) < 4.78 is 5.66. The summed E-state index contributed by atoms with van der Waals surface area (Å²) in [6.45, 7) is 4.29. The van der Waals surface area contributed by atoms with Crippen molar-refractivity contribution >= 4 is 0 Å². The van der Waals surface area contributed by atoms with Gasteiger partial charge in [-0.15, -0.1) is 0 Å². The van der Waals surface area contributed by atoms with E-state index in [1.165, 1.54) is 0 Å². The van der Waals surface area contributed by atoms with Gasteiger partial charge in [0.1, 0.15) is 0 Å². The highest BCUT2D eigenvalue weighted by molar-refractivity contribution is 4.85. The quantitative estimate of drug-likeness (QED) is 0.476. The summed E-state index contributed by atoms with van der Waals surface area (Å²) >= 11 is 0. The van der Waals surface area contributed by atoms with Crippen LogP contribution in [0.3, 0.4) is 0 Å². The third-order valence-electron chi connectivity index (χ3n) is 2.68. The molecule has 0 amide bonds. The van der Waals surface area contributed by atoms with Crippen LogP contribution in [0.4, 0.5) is 0 Å². The van der Waals surface area contributed by atoms with Gasteiger partial charge in [0.25, 0.3) is 0 Å². The molecule has 3 heteroatoms. The number of ether oxygens (including phenoxy) is 1. The molecular formula is C8H16N2O. The van der Waals surface area contributed by atoms with Crippen molar-refractivity contribution in [1.82, 2.24) is 9.80 Å². The van der Waals surface area contributed by atoms with Gasteiger partial charge in [-0.3, -0.25) is 4.90 Å². The minimum Gasteiger partial charge on any atom is -0.374 e. The van der Waals surface area contributed by atoms with Crippen LogP contribution in [0.15, 0.2) is 0 Å². The number of fused-ring (bicyclic) bond motifs is 4. The van der Waals surface area contributed by atoms with Gasteiger partial charge < -0.3 is 9.64 Å². The summed E-state index contributed by atoms with van der Waals surface area (Å²) in [7, 11) is 4.37. The Balaban J connectivity index is 2.10. The maximum atomic E-state index is 5.66. The second kappa shape index (κ2) is 2.73. The van der Waals surface area contributed by atoms with Crippen molar-refractivity contribution in [2.75, 3.05) is 40.3 Å². The lowest BCUT2D eigenvalue weighted by molar-refractivity contribution is -0.0321. The zero-order chi connectivity index (χ0) is 7.84. The minimum absolute atomic E-state index is 0.448. The van der Waals surface area contributed by atoms with E-state index in [0.717, 1.165) is 26.2 Å². The monoisotopic (exact) mass is 156 g/mol. The smallest absolute Gasteiger partial charge is 0.0829 e. The van der Waals surface area contributed by atoms with Gasteiger partial charge in [0.2, 0.25) is 0 Å². The first-order valence-corrected chi connectivity index (χ1v) is 4.26. The van der Waals surface area contributed by atoms with Crippen molar-refractivity contribution in [2.45, 2.75) is 12.1 Å². The normalized spacial score (nSPS) is 40.9. The summed E-state index contributed by atoms with van der Waals surface area (Å²) in [5.41, 5.74) is 0. The molecule has 11 heavy (non-hydrogen) atoms. The van der Waals surface area contributed by atoms with Crippen molar-refractivity contribution in [3.8, 4) is 0 Å². The van der Waals surface area contributed by atoms with Crippen LogP contribution in [0.25, 0.3) is 0 Å². The first-order chi connectivity index (χ1) is 5.25. The van der Waals surface area contributed by atoms with Crippen molar-refractivity contribution in [3.63, 3.8) is 0 Å². The van der Waals surface area contributed by atoms with Gasteiger partial charge in [0, 0.05) is 25.7 Å². The van der Waals surface area contributed by atoms with Gasteiger partial charge in [-0.05, 0) is 14.1 Å². The van der Waals surface area contributed by atoms with Crippen molar-refractivity contribution in [1.29, 1.82) is 0 Å². The van der Waals surface area contributed by atoms with Gasteiger partial charge >= 0.3 is 0 Å². The Bertz CT molecular complexity index is 149. The number of likely N-dealkylation sites (N-methyl/N-ethyl adjacent to an activating group) is 2. The average molecular weight is 156 g/mol. The summed E-state index contributed by atoms with van der Waals surface area (Å²) in [5, 5.41) is 0. The fourth-order valence-electron chi connectivity index (χ4n) is 1.98. The van der Waals surface area contributed by atoms with E-state index in [4.69, 9.17) is 4.74 Å². The second-order valence-electron chi connectivity index (χ2n) is 3.77. The topological polar surface area (TPSA) is 15.7 Å². The summed E-state index contributed by atoms with van der Waals surface area (Å²) in [6.07, 6.45) is 0.448. The molecule has 0 radical (unpaired) electrons. The number of hydrogen-bond acceptors (Lipinski definition) is 3. The van der Waals surface area contributed by atoms with E-state index in [9.17, 15) is 0 Å². The van der Waals surface area contributed by atoms with Crippen molar-refractivity contribution in [2.24, 2.45) is 0 Å². The van der Waals surface area contributed by atoms with Crippen LogP contribution >= 0.6 is 0 Å². The molecule has 3 aliphatic rings. The van der Waals surface area contributed by atoms with Gasteiger partial charge in [-0.1, -0.05) is 0 Å². The Kier molecular flexibility index (Phi) is 1.87. The molecule has 0 aromatic heterocycles. The molecule has 3 saturated heterocycles. The molecule has 3 aliphatic heterocycles. The zero-order valence-corrected chi connectivity index (χ0v) is 7.29. The highest BCUT2D eigenvalue weighted by atomic mass is 16.5. The average Bonchev–Trinajstić information content (AvgIpc) is 2.16. The molecule has 2 unspecified atom stereocenters. The van der Waals surface area contributed by atoms with Crippen LogP contribution in [0.2, 0.25) is 0 Å². The molecule has 2 atom stereocenters.